The number of alkyl halides is 3. The molecule has 1 aliphatic heterocycles. The Labute approximate surface area is 171 Å². The number of amides is 3. The smallest absolute Gasteiger partial charge is 0.285 e. The van der Waals surface area contributed by atoms with Crippen molar-refractivity contribution in [3.8, 4) is 0 Å². The molecule has 1 saturated heterocycles. The highest BCUT2D eigenvalue weighted by Gasteiger charge is 2.67. The molecule has 0 aromatic heterocycles. The van der Waals surface area contributed by atoms with E-state index in [-0.39, 0.29) is 17.5 Å². The van der Waals surface area contributed by atoms with Crippen molar-refractivity contribution in [2.45, 2.75) is 26.4 Å². The van der Waals surface area contributed by atoms with Gasteiger partial charge in [0.1, 0.15) is 6.67 Å². The minimum Gasteiger partial charge on any atom is -0.285 e. The molecule has 0 radical (unpaired) electrons. The number of allylic oxidation sites excluding steroid dienone is 2. The second kappa shape index (κ2) is 6.18. The van der Waals surface area contributed by atoms with Crippen molar-refractivity contribution in [1.29, 1.82) is 0 Å². The molecular weight excluding hydrogens is 397 g/mol. The first kappa shape index (κ1) is 19.3. The standard InChI is InChI=1S/C22H21F3N2O3/c1-10-4-3-5-11(2)18(10)26(21(30)22(23,24)25)9-27-19(28)16-12-6-7-13(15-8-14(12)15)17(16)20(27)29/h3-7,12-17H,8-9H2,1-2H3/t12-,13-,14-,15-,16-,17+/m1/s1. The minimum atomic E-state index is -5.13. The van der Waals surface area contributed by atoms with Crippen molar-refractivity contribution in [3.63, 3.8) is 0 Å². The van der Waals surface area contributed by atoms with E-state index in [0.717, 1.165) is 11.3 Å². The van der Waals surface area contributed by atoms with Gasteiger partial charge >= 0.3 is 12.1 Å². The van der Waals surface area contributed by atoms with E-state index in [1.807, 2.05) is 12.2 Å². The third-order valence-corrected chi connectivity index (χ3v) is 7.23. The van der Waals surface area contributed by atoms with E-state index in [0.29, 0.717) is 27.9 Å². The summed E-state index contributed by atoms with van der Waals surface area (Å²) in [6.45, 7) is 2.48. The Morgan fingerprint density at radius 3 is 2.00 bits per heavy atom. The molecule has 2 bridgehead atoms. The van der Waals surface area contributed by atoms with Crippen LogP contribution in [0.1, 0.15) is 17.5 Å². The van der Waals surface area contributed by atoms with Gasteiger partial charge in [0.2, 0.25) is 11.8 Å². The summed E-state index contributed by atoms with van der Waals surface area (Å²) in [6, 6.07) is 4.88. The second-order valence-electron chi connectivity index (χ2n) is 8.87. The highest BCUT2D eigenvalue weighted by atomic mass is 19.4. The van der Waals surface area contributed by atoms with Crippen molar-refractivity contribution >= 4 is 23.4 Å². The molecule has 0 spiro atoms. The number of anilines is 1. The molecule has 2 saturated carbocycles. The lowest BCUT2D eigenvalue weighted by molar-refractivity contribution is -0.171. The average Bonchev–Trinajstić information content (AvgIpc) is 3.46. The number of aryl methyl sites for hydroxylation is 2. The van der Waals surface area contributed by atoms with Gasteiger partial charge in [-0.3, -0.25) is 24.2 Å². The predicted molar refractivity (Wildman–Crippen MR) is 101 cm³/mol. The Bertz CT molecular complexity index is 946. The summed E-state index contributed by atoms with van der Waals surface area (Å²) in [5, 5.41) is 0. The van der Waals surface area contributed by atoms with E-state index >= 15 is 0 Å². The van der Waals surface area contributed by atoms with Crippen LogP contribution in [0.25, 0.3) is 0 Å². The van der Waals surface area contributed by atoms with E-state index in [9.17, 15) is 27.6 Å². The summed E-state index contributed by atoms with van der Waals surface area (Å²) in [5.41, 5.74) is 1.01. The summed E-state index contributed by atoms with van der Waals surface area (Å²) in [4.78, 5) is 40.1. The lowest BCUT2D eigenvalue weighted by Crippen LogP contribution is -2.50. The molecule has 6 atom stereocenters. The minimum absolute atomic E-state index is 0.0292. The topological polar surface area (TPSA) is 57.7 Å². The molecule has 158 valence electrons. The van der Waals surface area contributed by atoms with E-state index in [1.165, 1.54) is 0 Å². The molecule has 1 heterocycles. The molecule has 30 heavy (non-hydrogen) atoms. The first-order chi connectivity index (χ1) is 14.1. The SMILES string of the molecule is Cc1cccc(C)c1N(CN1C(=O)[C@@H]2[C@@H]3C=C[C@H]([C@H]4C[C@H]34)[C@@H]2C1=O)C(=O)C(F)(F)F. The summed E-state index contributed by atoms with van der Waals surface area (Å²) >= 11 is 0. The van der Waals surface area contributed by atoms with E-state index in [2.05, 4.69) is 0 Å². The molecule has 1 aromatic carbocycles. The predicted octanol–water partition coefficient (Wildman–Crippen LogP) is 3.21. The number of nitrogens with zero attached hydrogens (tertiary/aromatic N) is 2. The zero-order valence-electron chi connectivity index (χ0n) is 16.5. The Balaban J connectivity index is 1.51. The quantitative estimate of drug-likeness (QED) is 0.560. The molecule has 0 unspecified atom stereocenters. The largest absolute Gasteiger partial charge is 0.471 e. The van der Waals surface area contributed by atoms with Gasteiger partial charge in [-0.15, -0.1) is 0 Å². The molecule has 3 fully saturated rings. The first-order valence-electron chi connectivity index (χ1n) is 10.1. The number of carbonyl (C=O) groups is 3. The zero-order valence-corrected chi connectivity index (χ0v) is 16.5. The van der Waals surface area contributed by atoms with Crippen LogP contribution in [0.2, 0.25) is 0 Å². The molecule has 5 aliphatic rings. The van der Waals surface area contributed by atoms with Crippen LogP contribution in [0.5, 0.6) is 0 Å². The Kier molecular flexibility index (Phi) is 3.98. The maximum Gasteiger partial charge on any atom is 0.471 e. The molecule has 0 N–H and O–H groups in total. The molecule has 8 heteroatoms. The van der Waals surface area contributed by atoms with Crippen LogP contribution in [0.4, 0.5) is 18.9 Å². The fraction of sp³-hybridized carbons (Fsp3) is 0.500. The van der Waals surface area contributed by atoms with E-state index < -0.39 is 42.4 Å². The Hall–Kier alpha value is -2.64. The van der Waals surface area contributed by atoms with Gasteiger partial charge in [-0.25, -0.2) is 0 Å². The Morgan fingerprint density at radius 1 is 1.03 bits per heavy atom. The van der Waals surface area contributed by atoms with Crippen LogP contribution < -0.4 is 4.90 Å². The molecule has 6 rings (SSSR count). The van der Waals surface area contributed by atoms with Crippen LogP contribution in [0.15, 0.2) is 30.4 Å². The van der Waals surface area contributed by atoms with E-state index in [4.69, 9.17) is 0 Å². The highest BCUT2D eigenvalue weighted by molar-refractivity contribution is 6.08. The summed E-state index contributed by atoms with van der Waals surface area (Å²) < 4.78 is 40.2. The van der Waals surface area contributed by atoms with Gasteiger partial charge in [-0.1, -0.05) is 30.4 Å². The van der Waals surface area contributed by atoms with E-state index in [1.54, 1.807) is 32.0 Å². The number of hydrogen-bond donors (Lipinski definition) is 0. The normalized spacial score (nSPS) is 33.6. The summed E-state index contributed by atoms with van der Waals surface area (Å²) in [5.74, 6) is -3.30. The highest BCUT2D eigenvalue weighted by Crippen LogP contribution is 2.65. The van der Waals surface area contributed by atoms with Gasteiger partial charge in [0.05, 0.1) is 17.5 Å². The molecule has 5 nitrogen and oxygen atoms in total. The fourth-order valence-corrected chi connectivity index (χ4v) is 5.92. The molecule has 4 aliphatic carbocycles. The van der Waals surface area contributed by atoms with Crippen molar-refractivity contribution in [1.82, 2.24) is 4.90 Å². The molecule has 1 aromatic rings. The van der Waals surface area contributed by atoms with Crippen LogP contribution in [0, 0.1) is 49.4 Å². The third kappa shape index (κ3) is 2.58. The van der Waals surface area contributed by atoms with Crippen molar-refractivity contribution in [3.05, 3.63) is 41.5 Å². The maximum atomic E-state index is 13.4. The second-order valence-corrected chi connectivity index (χ2v) is 8.87. The lowest BCUT2D eigenvalue weighted by atomic mass is 9.63. The zero-order chi connectivity index (χ0) is 21.5. The number of hydrogen-bond acceptors (Lipinski definition) is 3. The van der Waals surface area contributed by atoms with Gasteiger partial charge in [-0.05, 0) is 55.1 Å². The average molecular weight is 418 g/mol. The van der Waals surface area contributed by atoms with Gasteiger partial charge in [0.15, 0.2) is 0 Å². The van der Waals surface area contributed by atoms with Crippen molar-refractivity contribution in [2.24, 2.45) is 35.5 Å². The molecular formula is C22H21F3N2O3. The maximum absolute atomic E-state index is 13.4. The number of halogens is 3. The van der Waals surface area contributed by atoms with Gasteiger partial charge in [-0.2, -0.15) is 13.2 Å². The number of rotatable bonds is 3. The lowest BCUT2D eigenvalue weighted by Gasteiger charge is -2.37. The van der Waals surface area contributed by atoms with Crippen molar-refractivity contribution in [2.75, 3.05) is 11.6 Å². The van der Waals surface area contributed by atoms with Crippen LogP contribution >= 0.6 is 0 Å². The summed E-state index contributed by atoms with van der Waals surface area (Å²) in [7, 11) is 0. The fourth-order valence-electron chi connectivity index (χ4n) is 5.92. The number of carbonyl (C=O) groups excluding carboxylic acids is 3. The summed E-state index contributed by atoms with van der Waals surface area (Å²) in [6.07, 6.45) is -0.135. The first-order valence-corrected chi connectivity index (χ1v) is 10.1. The van der Waals surface area contributed by atoms with Gasteiger partial charge < -0.3 is 0 Å². The monoisotopic (exact) mass is 418 g/mol. The number of benzene rings is 1. The third-order valence-electron chi connectivity index (χ3n) is 7.23. The van der Waals surface area contributed by atoms with Crippen LogP contribution in [-0.2, 0) is 14.4 Å². The number of imide groups is 1. The van der Waals surface area contributed by atoms with Crippen molar-refractivity contribution < 1.29 is 27.6 Å². The number of likely N-dealkylation sites (tertiary alicyclic amines) is 1. The molecule has 3 amide bonds. The Morgan fingerprint density at radius 2 is 1.53 bits per heavy atom. The van der Waals surface area contributed by atoms with Crippen LogP contribution in [-0.4, -0.2) is 35.5 Å². The van der Waals surface area contributed by atoms with Gasteiger partial charge in [0, 0.05) is 0 Å². The number of para-hydroxylation sites is 1. The van der Waals surface area contributed by atoms with Gasteiger partial charge in [0.25, 0.3) is 0 Å². The van der Waals surface area contributed by atoms with Crippen LogP contribution in [0.3, 0.4) is 0 Å².